The van der Waals surface area contributed by atoms with Crippen molar-refractivity contribution in [1.29, 1.82) is 0 Å². The molecule has 0 atom stereocenters. The molecule has 1 N–H and O–H groups in total. The summed E-state index contributed by atoms with van der Waals surface area (Å²) >= 11 is 0. The molecule has 25 heavy (non-hydrogen) atoms. The summed E-state index contributed by atoms with van der Waals surface area (Å²) in [5.41, 5.74) is 0.732. The first-order valence-corrected chi connectivity index (χ1v) is 9.36. The molecule has 7 nitrogen and oxygen atoms in total. The van der Waals surface area contributed by atoms with E-state index in [9.17, 15) is 4.79 Å². The summed E-state index contributed by atoms with van der Waals surface area (Å²) in [5, 5.41) is 16.1. The van der Waals surface area contributed by atoms with Crippen LogP contribution in [-0.2, 0) is 11.2 Å². The van der Waals surface area contributed by atoms with Crippen LogP contribution in [0.25, 0.3) is 5.65 Å². The molecule has 0 radical (unpaired) electrons. The zero-order valence-electron chi connectivity index (χ0n) is 15.2. The molecule has 2 aromatic heterocycles. The lowest BCUT2D eigenvalue weighted by Gasteiger charge is -2.27. The number of piperidine rings is 1. The number of carbonyl (C=O) groups excluding carboxylic acids is 1. The fraction of sp³-hybridized carbons (Fsp3) is 0.667. The number of rotatable bonds is 7. The normalized spacial score (nSPS) is 15.1. The average Bonchev–Trinajstić information content (AvgIpc) is 3.02. The number of carbonyl (C=O) groups is 1. The van der Waals surface area contributed by atoms with Gasteiger partial charge in [0, 0.05) is 32.5 Å². The third-order valence-corrected chi connectivity index (χ3v) is 4.61. The highest BCUT2D eigenvalue weighted by molar-refractivity contribution is 5.76. The smallest absolute Gasteiger partial charge is 0.220 e. The second kappa shape index (κ2) is 8.27. The Labute approximate surface area is 148 Å². The average molecular weight is 344 g/mol. The number of hydrogen-bond donors (Lipinski definition) is 1. The van der Waals surface area contributed by atoms with Crippen LogP contribution < -0.4 is 10.2 Å². The lowest BCUT2D eigenvalue weighted by atomic mass is 10.1. The minimum atomic E-state index is 0.0598. The molecule has 1 aliphatic heterocycles. The molecule has 1 saturated heterocycles. The molecular weight excluding hydrogens is 316 g/mol. The van der Waals surface area contributed by atoms with Crippen LogP contribution >= 0.6 is 0 Å². The zero-order chi connectivity index (χ0) is 17.6. The van der Waals surface area contributed by atoms with Crippen LogP contribution in [-0.4, -0.2) is 45.4 Å². The summed E-state index contributed by atoms with van der Waals surface area (Å²) in [5.74, 6) is 2.37. The van der Waals surface area contributed by atoms with E-state index in [0.29, 0.717) is 18.8 Å². The largest absolute Gasteiger partial charge is 0.356 e. The van der Waals surface area contributed by atoms with Gasteiger partial charge in [0.25, 0.3) is 0 Å². The quantitative estimate of drug-likeness (QED) is 0.833. The van der Waals surface area contributed by atoms with E-state index in [0.717, 1.165) is 43.3 Å². The van der Waals surface area contributed by atoms with Gasteiger partial charge in [-0.25, -0.2) is 0 Å². The monoisotopic (exact) mass is 344 g/mol. The molecule has 0 saturated carbocycles. The van der Waals surface area contributed by atoms with Crippen LogP contribution in [0.2, 0.25) is 0 Å². The number of aromatic nitrogens is 4. The Kier molecular flexibility index (Phi) is 5.83. The van der Waals surface area contributed by atoms with E-state index in [4.69, 9.17) is 5.10 Å². The fourth-order valence-corrected chi connectivity index (χ4v) is 3.09. The van der Waals surface area contributed by atoms with E-state index in [1.54, 1.807) is 4.52 Å². The van der Waals surface area contributed by atoms with Crippen molar-refractivity contribution in [3.63, 3.8) is 0 Å². The van der Waals surface area contributed by atoms with Crippen molar-refractivity contribution < 1.29 is 4.79 Å². The van der Waals surface area contributed by atoms with Crippen molar-refractivity contribution in [3.8, 4) is 0 Å². The Hall–Kier alpha value is -2.18. The van der Waals surface area contributed by atoms with E-state index in [1.807, 2.05) is 12.1 Å². The Morgan fingerprint density at radius 1 is 1.20 bits per heavy atom. The Bertz CT molecular complexity index is 705. The molecule has 0 unspecified atom stereocenters. The molecule has 3 rings (SSSR count). The van der Waals surface area contributed by atoms with Crippen molar-refractivity contribution in [3.05, 3.63) is 18.0 Å². The molecule has 136 valence electrons. The molecule has 2 aromatic rings. The molecular formula is C18H28N6O. The first-order valence-electron chi connectivity index (χ1n) is 9.36. The summed E-state index contributed by atoms with van der Waals surface area (Å²) in [7, 11) is 0. The van der Waals surface area contributed by atoms with Gasteiger partial charge in [0.2, 0.25) is 5.91 Å². The Morgan fingerprint density at radius 2 is 2.00 bits per heavy atom. The van der Waals surface area contributed by atoms with Crippen molar-refractivity contribution in [2.75, 3.05) is 24.5 Å². The van der Waals surface area contributed by atoms with E-state index in [-0.39, 0.29) is 5.91 Å². The number of amides is 1. The minimum Gasteiger partial charge on any atom is -0.356 e. The Morgan fingerprint density at radius 3 is 2.76 bits per heavy atom. The van der Waals surface area contributed by atoms with Gasteiger partial charge in [-0.15, -0.1) is 15.3 Å². The lowest BCUT2D eigenvalue weighted by molar-refractivity contribution is -0.121. The highest BCUT2D eigenvalue weighted by atomic mass is 16.1. The van der Waals surface area contributed by atoms with Crippen LogP contribution in [0.5, 0.6) is 0 Å². The Balaban J connectivity index is 1.62. The zero-order valence-corrected chi connectivity index (χ0v) is 15.2. The number of hydrogen-bond acceptors (Lipinski definition) is 5. The molecule has 0 aromatic carbocycles. The van der Waals surface area contributed by atoms with Crippen LogP contribution in [0.1, 0.15) is 51.8 Å². The van der Waals surface area contributed by atoms with Gasteiger partial charge in [0.15, 0.2) is 11.5 Å². The highest BCUT2D eigenvalue weighted by Crippen LogP contribution is 2.18. The maximum absolute atomic E-state index is 12.0. The number of fused-ring (bicyclic) bond motifs is 1. The maximum atomic E-state index is 12.0. The molecule has 1 aliphatic rings. The van der Waals surface area contributed by atoms with Gasteiger partial charge in [0.05, 0.1) is 0 Å². The minimum absolute atomic E-state index is 0.0598. The number of nitrogens with one attached hydrogen (secondary N) is 1. The fourth-order valence-electron chi connectivity index (χ4n) is 3.09. The molecule has 0 spiro atoms. The van der Waals surface area contributed by atoms with Gasteiger partial charge in [-0.05, 0) is 43.7 Å². The van der Waals surface area contributed by atoms with Gasteiger partial charge in [-0.2, -0.15) is 4.52 Å². The van der Waals surface area contributed by atoms with Gasteiger partial charge >= 0.3 is 0 Å². The highest BCUT2D eigenvalue weighted by Gasteiger charge is 2.15. The van der Waals surface area contributed by atoms with E-state index in [2.05, 4.69) is 34.3 Å². The SMILES string of the molecule is CC(C)CCNC(=O)CCc1nnc2ccc(N3CCCCC3)nn12. The summed E-state index contributed by atoms with van der Waals surface area (Å²) in [6, 6.07) is 3.97. The predicted octanol–water partition coefficient (Wildman–Crippen LogP) is 2.21. The van der Waals surface area contributed by atoms with Gasteiger partial charge < -0.3 is 10.2 Å². The second-order valence-electron chi connectivity index (χ2n) is 7.16. The summed E-state index contributed by atoms with van der Waals surface area (Å²) < 4.78 is 1.78. The lowest BCUT2D eigenvalue weighted by Crippen LogP contribution is -2.30. The first-order chi connectivity index (χ1) is 12.1. The number of nitrogens with zero attached hydrogens (tertiary/aromatic N) is 5. The van der Waals surface area contributed by atoms with Crippen molar-refractivity contribution in [1.82, 2.24) is 25.1 Å². The molecule has 3 heterocycles. The van der Waals surface area contributed by atoms with Crippen molar-refractivity contribution in [2.45, 2.75) is 52.4 Å². The van der Waals surface area contributed by atoms with Crippen molar-refractivity contribution in [2.24, 2.45) is 5.92 Å². The van der Waals surface area contributed by atoms with Crippen LogP contribution in [0.3, 0.4) is 0 Å². The molecule has 1 amide bonds. The molecule has 0 bridgehead atoms. The molecule has 1 fully saturated rings. The number of anilines is 1. The van der Waals surface area contributed by atoms with E-state index < -0.39 is 0 Å². The summed E-state index contributed by atoms with van der Waals surface area (Å²) in [4.78, 5) is 14.3. The molecule has 0 aliphatic carbocycles. The summed E-state index contributed by atoms with van der Waals surface area (Å²) in [6.45, 7) is 7.14. The maximum Gasteiger partial charge on any atom is 0.220 e. The summed E-state index contributed by atoms with van der Waals surface area (Å²) in [6.07, 6.45) is 5.68. The van der Waals surface area contributed by atoms with Crippen LogP contribution in [0, 0.1) is 5.92 Å². The third-order valence-electron chi connectivity index (χ3n) is 4.61. The predicted molar refractivity (Wildman–Crippen MR) is 97.6 cm³/mol. The second-order valence-corrected chi connectivity index (χ2v) is 7.16. The van der Waals surface area contributed by atoms with Crippen molar-refractivity contribution >= 4 is 17.4 Å². The van der Waals surface area contributed by atoms with Crippen LogP contribution in [0.4, 0.5) is 5.82 Å². The topological polar surface area (TPSA) is 75.4 Å². The standard InChI is InChI=1S/C18H28N6O/c1-14(2)10-11-19-18(25)9-8-16-21-20-15-6-7-17(22-24(15)16)23-12-4-3-5-13-23/h6-7,14H,3-5,8-13H2,1-2H3,(H,19,25). The van der Waals surface area contributed by atoms with E-state index in [1.165, 1.54) is 19.3 Å². The number of aryl methyl sites for hydroxylation is 1. The first kappa shape index (κ1) is 17.6. The van der Waals surface area contributed by atoms with Gasteiger partial charge in [-0.3, -0.25) is 4.79 Å². The van der Waals surface area contributed by atoms with Gasteiger partial charge in [-0.1, -0.05) is 13.8 Å². The molecule has 7 heteroatoms. The third kappa shape index (κ3) is 4.67. The van der Waals surface area contributed by atoms with Gasteiger partial charge in [0.1, 0.15) is 5.82 Å². The van der Waals surface area contributed by atoms with Crippen LogP contribution in [0.15, 0.2) is 12.1 Å². The van der Waals surface area contributed by atoms with E-state index >= 15 is 0 Å².